The van der Waals surface area contributed by atoms with Gasteiger partial charge in [0.15, 0.2) is 0 Å². The van der Waals surface area contributed by atoms with E-state index in [1.54, 1.807) is 6.07 Å². The van der Waals surface area contributed by atoms with E-state index in [0.29, 0.717) is 15.8 Å². The molecule has 3 N–H and O–H groups in total. The number of anilines is 2. The molecule has 0 fully saturated rings. The smallest absolute Gasteiger partial charge is 0.319 e. The van der Waals surface area contributed by atoms with Crippen LogP contribution in [0.25, 0.3) is 10.6 Å². The molecule has 3 amide bonds. The van der Waals surface area contributed by atoms with Crippen molar-refractivity contribution in [3.05, 3.63) is 58.6 Å². The summed E-state index contributed by atoms with van der Waals surface area (Å²) in [5.74, 6) is -0.397. The number of rotatable bonds is 7. The molecule has 0 saturated heterocycles. The van der Waals surface area contributed by atoms with Crippen LogP contribution in [0.2, 0.25) is 0 Å². The molecule has 162 valence electrons. The maximum atomic E-state index is 12.9. The van der Waals surface area contributed by atoms with Crippen molar-refractivity contribution >= 4 is 50.0 Å². The zero-order chi connectivity index (χ0) is 22.4. The summed E-state index contributed by atoms with van der Waals surface area (Å²) in [5, 5.41) is 17.7. The molecule has 1 heterocycles. The Bertz CT molecular complexity index is 1070. The van der Waals surface area contributed by atoms with Crippen LogP contribution in [0.1, 0.15) is 25.8 Å². The third-order valence-electron chi connectivity index (χ3n) is 4.78. The van der Waals surface area contributed by atoms with Crippen LogP contribution in [0.15, 0.2) is 53.0 Å². The van der Waals surface area contributed by atoms with Crippen molar-refractivity contribution in [2.75, 3.05) is 10.6 Å². The third-order valence-corrected chi connectivity index (χ3v) is 6.17. The van der Waals surface area contributed by atoms with Gasteiger partial charge in [-0.1, -0.05) is 71.8 Å². The van der Waals surface area contributed by atoms with E-state index in [2.05, 4.69) is 42.1 Å². The lowest BCUT2D eigenvalue weighted by atomic mass is 9.98. The molecule has 1 aromatic heterocycles. The molecule has 0 aliphatic heterocycles. The molecular formula is C22H24BrN5O2S. The van der Waals surface area contributed by atoms with E-state index in [-0.39, 0.29) is 11.8 Å². The lowest BCUT2D eigenvalue weighted by molar-refractivity contribution is -0.119. The first-order valence-electron chi connectivity index (χ1n) is 9.90. The van der Waals surface area contributed by atoms with Crippen molar-refractivity contribution in [1.29, 1.82) is 0 Å². The fourth-order valence-corrected chi connectivity index (χ4v) is 4.07. The number of hydrogen-bond acceptors (Lipinski definition) is 5. The maximum Gasteiger partial charge on any atom is 0.319 e. The summed E-state index contributed by atoms with van der Waals surface area (Å²) in [4.78, 5) is 25.4. The molecule has 3 aromatic rings. The number of aryl methyl sites for hydroxylation is 1. The number of nitrogens with one attached hydrogen (secondary N) is 3. The Labute approximate surface area is 193 Å². The van der Waals surface area contributed by atoms with Crippen molar-refractivity contribution in [3.8, 4) is 10.6 Å². The van der Waals surface area contributed by atoms with Gasteiger partial charge in [0, 0.05) is 15.7 Å². The van der Waals surface area contributed by atoms with Gasteiger partial charge in [-0.15, -0.1) is 10.2 Å². The SMILES string of the molecule is CCC(C)C(NC(=O)Nc1cccc(C)c1)C(=O)Nc1nnc(-c2cccc(Br)c2)s1. The highest BCUT2D eigenvalue weighted by Crippen LogP contribution is 2.28. The Balaban J connectivity index is 1.68. The van der Waals surface area contributed by atoms with Crippen molar-refractivity contribution in [1.82, 2.24) is 15.5 Å². The summed E-state index contributed by atoms with van der Waals surface area (Å²) >= 11 is 4.72. The molecule has 0 bridgehead atoms. The lowest BCUT2D eigenvalue weighted by Crippen LogP contribution is -2.49. The van der Waals surface area contributed by atoms with Crippen LogP contribution in [0, 0.1) is 12.8 Å². The highest BCUT2D eigenvalue weighted by Gasteiger charge is 2.27. The van der Waals surface area contributed by atoms with E-state index in [1.807, 2.05) is 63.2 Å². The first kappa shape index (κ1) is 22.9. The summed E-state index contributed by atoms with van der Waals surface area (Å²) < 4.78 is 0.937. The zero-order valence-corrected chi connectivity index (χ0v) is 19.9. The van der Waals surface area contributed by atoms with E-state index >= 15 is 0 Å². The van der Waals surface area contributed by atoms with Crippen molar-refractivity contribution in [3.63, 3.8) is 0 Å². The van der Waals surface area contributed by atoms with Gasteiger partial charge >= 0.3 is 6.03 Å². The molecule has 2 aromatic carbocycles. The highest BCUT2D eigenvalue weighted by atomic mass is 79.9. The van der Waals surface area contributed by atoms with E-state index in [4.69, 9.17) is 0 Å². The lowest BCUT2D eigenvalue weighted by Gasteiger charge is -2.23. The van der Waals surface area contributed by atoms with Gasteiger partial charge < -0.3 is 10.6 Å². The van der Waals surface area contributed by atoms with Crippen LogP contribution >= 0.6 is 27.3 Å². The van der Waals surface area contributed by atoms with E-state index < -0.39 is 12.1 Å². The van der Waals surface area contributed by atoms with Gasteiger partial charge in [0.05, 0.1) is 0 Å². The molecular weight excluding hydrogens is 478 g/mol. The Morgan fingerprint density at radius 1 is 1.10 bits per heavy atom. The molecule has 2 unspecified atom stereocenters. The maximum absolute atomic E-state index is 12.9. The number of hydrogen-bond donors (Lipinski definition) is 3. The number of benzene rings is 2. The second-order valence-corrected chi connectivity index (χ2v) is 9.14. The Morgan fingerprint density at radius 2 is 1.87 bits per heavy atom. The van der Waals surface area contributed by atoms with Gasteiger partial charge in [0.2, 0.25) is 11.0 Å². The molecule has 3 rings (SSSR count). The first-order valence-corrected chi connectivity index (χ1v) is 11.5. The molecule has 2 atom stereocenters. The number of nitrogens with zero attached hydrogens (tertiary/aromatic N) is 2. The summed E-state index contributed by atoms with van der Waals surface area (Å²) in [7, 11) is 0. The third kappa shape index (κ3) is 6.35. The van der Waals surface area contributed by atoms with Gasteiger partial charge in [-0.25, -0.2) is 4.79 Å². The first-order chi connectivity index (χ1) is 14.9. The van der Waals surface area contributed by atoms with Gasteiger partial charge in [0.1, 0.15) is 11.0 Å². The quantitative estimate of drug-likeness (QED) is 0.400. The monoisotopic (exact) mass is 501 g/mol. The standard InChI is InChI=1S/C22H24BrN5O2S/c1-4-14(3)18(25-21(30)24-17-10-5-7-13(2)11-17)19(29)26-22-28-27-20(31-22)15-8-6-9-16(23)12-15/h5-12,14,18H,4H2,1-3H3,(H2,24,25,30)(H,26,28,29). The largest absolute Gasteiger partial charge is 0.326 e. The second kappa shape index (κ2) is 10.5. The highest BCUT2D eigenvalue weighted by molar-refractivity contribution is 9.10. The number of carbonyl (C=O) groups is 2. The topological polar surface area (TPSA) is 96.0 Å². The van der Waals surface area contributed by atoms with Crippen LogP contribution in [-0.2, 0) is 4.79 Å². The minimum absolute atomic E-state index is 0.0688. The molecule has 0 aliphatic carbocycles. The fraction of sp³-hybridized carbons (Fsp3) is 0.273. The van der Waals surface area contributed by atoms with Gasteiger partial charge in [0.25, 0.3) is 0 Å². The van der Waals surface area contributed by atoms with E-state index in [0.717, 1.165) is 22.0 Å². The van der Waals surface area contributed by atoms with Gasteiger partial charge in [-0.05, 0) is 42.7 Å². The molecule has 9 heteroatoms. The summed E-state index contributed by atoms with van der Waals surface area (Å²) in [6.07, 6.45) is 0.724. The second-order valence-electron chi connectivity index (χ2n) is 7.24. The molecule has 0 saturated carbocycles. The molecule has 0 aliphatic rings. The van der Waals surface area contributed by atoms with Crippen LogP contribution in [0.3, 0.4) is 0 Å². The van der Waals surface area contributed by atoms with Gasteiger partial charge in [-0.3, -0.25) is 10.1 Å². The van der Waals surface area contributed by atoms with Crippen LogP contribution in [0.5, 0.6) is 0 Å². The molecule has 0 radical (unpaired) electrons. The average molecular weight is 502 g/mol. The minimum atomic E-state index is -0.715. The number of urea groups is 1. The fourth-order valence-electron chi connectivity index (χ4n) is 2.93. The Morgan fingerprint density at radius 3 is 2.58 bits per heavy atom. The zero-order valence-electron chi connectivity index (χ0n) is 17.5. The summed E-state index contributed by atoms with van der Waals surface area (Å²) in [6.45, 7) is 5.84. The molecule has 31 heavy (non-hydrogen) atoms. The number of halogens is 1. The Hall–Kier alpha value is -2.78. The predicted molar refractivity (Wildman–Crippen MR) is 128 cm³/mol. The van der Waals surface area contributed by atoms with Crippen LogP contribution in [-0.4, -0.2) is 28.2 Å². The van der Waals surface area contributed by atoms with Crippen LogP contribution < -0.4 is 16.0 Å². The number of aromatic nitrogens is 2. The Kier molecular flexibility index (Phi) is 7.75. The van der Waals surface area contributed by atoms with Crippen molar-refractivity contribution in [2.24, 2.45) is 5.92 Å². The van der Waals surface area contributed by atoms with E-state index in [1.165, 1.54) is 11.3 Å². The normalized spacial score (nSPS) is 12.6. The summed E-state index contributed by atoms with van der Waals surface area (Å²) in [6, 6.07) is 14.0. The minimum Gasteiger partial charge on any atom is -0.326 e. The average Bonchev–Trinajstić information content (AvgIpc) is 3.20. The summed E-state index contributed by atoms with van der Waals surface area (Å²) in [5.41, 5.74) is 2.61. The predicted octanol–water partition coefficient (Wildman–Crippen LogP) is 5.45. The number of carbonyl (C=O) groups excluding carboxylic acids is 2. The molecule has 0 spiro atoms. The van der Waals surface area contributed by atoms with Crippen LogP contribution in [0.4, 0.5) is 15.6 Å². The van der Waals surface area contributed by atoms with Crippen molar-refractivity contribution in [2.45, 2.75) is 33.2 Å². The van der Waals surface area contributed by atoms with E-state index in [9.17, 15) is 9.59 Å². The van der Waals surface area contributed by atoms with Gasteiger partial charge in [-0.2, -0.15) is 0 Å². The molecule has 7 nitrogen and oxygen atoms in total. The van der Waals surface area contributed by atoms with Crippen molar-refractivity contribution < 1.29 is 9.59 Å². The number of amides is 3.